The summed E-state index contributed by atoms with van der Waals surface area (Å²) in [4.78, 5) is 12.7. The number of hydrogen-bond acceptors (Lipinski definition) is 3. The molecule has 2 aromatic carbocycles. The Hall–Kier alpha value is -3.57. The van der Waals surface area contributed by atoms with E-state index in [-0.39, 0.29) is 11.1 Å². The van der Waals surface area contributed by atoms with Crippen LogP contribution in [0.3, 0.4) is 0 Å². The van der Waals surface area contributed by atoms with Crippen molar-refractivity contribution >= 4 is 6.03 Å². The molecule has 8 heteroatoms. The molecule has 0 aromatic heterocycles. The van der Waals surface area contributed by atoms with Gasteiger partial charge in [-0.1, -0.05) is 49.4 Å². The quantitative estimate of drug-likeness (QED) is 0.478. The Balaban J connectivity index is 1.48. The predicted octanol–water partition coefficient (Wildman–Crippen LogP) is 5.80. The summed E-state index contributed by atoms with van der Waals surface area (Å²) in [6.45, 7) is 4.61. The number of amides is 2. The molecule has 2 amide bonds. The maximum atomic E-state index is 13.7. The second-order valence-electron chi connectivity index (χ2n) is 10.1. The molecule has 194 valence electrons. The van der Waals surface area contributed by atoms with Crippen LogP contribution in [0.5, 0.6) is 0 Å². The van der Waals surface area contributed by atoms with E-state index in [4.69, 9.17) is 0 Å². The van der Waals surface area contributed by atoms with Gasteiger partial charge in [-0.15, -0.1) is 0 Å². The molecular weight excluding hydrogens is 477 g/mol. The summed E-state index contributed by atoms with van der Waals surface area (Å²) in [6.07, 6.45) is 1.29. The van der Waals surface area contributed by atoms with Crippen molar-refractivity contribution in [3.05, 3.63) is 83.6 Å². The smallest absolute Gasteiger partial charge is 0.337 e. The van der Waals surface area contributed by atoms with E-state index in [0.717, 1.165) is 55.6 Å². The van der Waals surface area contributed by atoms with E-state index in [0.29, 0.717) is 12.1 Å². The first kappa shape index (κ1) is 26.5. The number of nitriles is 1. The largest absolute Gasteiger partial charge is 0.398 e. The lowest BCUT2D eigenvalue weighted by Gasteiger charge is -2.39. The zero-order chi connectivity index (χ0) is 26.7. The molecule has 1 aliphatic heterocycles. The Morgan fingerprint density at radius 1 is 1.14 bits per heavy atom. The second kappa shape index (κ2) is 10.4. The van der Waals surface area contributed by atoms with Crippen molar-refractivity contribution in [2.24, 2.45) is 11.3 Å². The van der Waals surface area contributed by atoms with E-state index in [1.807, 2.05) is 30.3 Å². The lowest BCUT2D eigenvalue weighted by atomic mass is 9.73. The van der Waals surface area contributed by atoms with Gasteiger partial charge in [0.15, 0.2) is 0 Å². The number of allylic oxidation sites excluding steroid dienone is 3. The number of piperidine rings is 1. The molecule has 0 radical (unpaired) electrons. The first-order valence-electron chi connectivity index (χ1n) is 12.4. The van der Waals surface area contributed by atoms with Crippen LogP contribution >= 0.6 is 0 Å². The molecule has 1 aliphatic carbocycles. The summed E-state index contributed by atoms with van der Waals surface area (Å²) in [5.41, 5.74) is 1.42. The molecule has 4 rings (SSSR count). The number of halogens is 3. The van der Waals surface area contributed by atoms with Crippen LogP contribution in [0, 0.1) is 22.7 Å². The number of hydrogen-bond donors (Lipinski definition) is 3. The van der Waals surface area contributed by atoms with Crippen molar-refractivity contribution in [2.75, 3.05) is 19.6 Å². The molecule has 0 spiro atoms. The fraction of sp³-hybridized carbons (Fsp3) is 0.379. The second-order valence-corrected chi connectivity index (χ2v) is 10.1. The minimum absolute atomic E-state index is 0.138. The first-order chi connectivity index (χ1) is 17.6. The minimum Gasteiger partial charge on any atom is -0.337 e. The molecule has 2 atom stereocenters. The zero-order valence-corrected chi connectivity index (χ0v) is 21.0. The van der Waals surface area contributed by atoms with Crippen molar-refractivity contribution in [3.8, 4) is 17.2 Å². The van der Waals surface area contributed by atoms with E-state index in [1.165, 1.54) is 19.1 Å². The molecule has 0 saturated carbocycles. The van der Waals surface area contributed by atoms with Crippen LogP contribution in [0.15, 0.2) is 72.5 Å². The molecule has 1 fully saturated rings. The highest BCUT2D eigenvalue weighted by Crippen LogP contribution is 2.47. The van der Waals surface area contributed by atoms with E-state index in [1.54, 1.807) is 6.07 Å². The van der Waals surface area contributed by atoms with Gasteiger partial charge in [-0.2, -0.15) is 18.4 Å². The highest BCUT2D eigenvalue weighted by molar-refractivity contribution is 5.76. The van der Waals surface area contributed by atoms with Crippen LogP contribution in [0.1, 0.15) is 37.8 Å². The van der Waals surface area contributed by atoms with Crippen LogP contribution in [0.4, 0.5) is 18.0 Å². The van der Waals surface area contributed by atoms with Gasteiger partial charge in [-0.25, -0.2) is 4.79 Å². The summed E-state index contributed by atoms with van der Waals surface area (Å²) in [5, 5.41) is 18.0. The Labute approximate surface area is 215 Å². The average molecular weight is 509 g/mol. The fourth-order valence-electron chi connectivity index (χ4n) is 5.05. The molecular formula is C29H31F3N4O. The summed E-state index contributed by atoms with van der Waals surface area (Å²) in [5.74, 6) is -0.732. The fourth-order valence-corrected chi connectivity index (χ4v) is 5.05. The Morgan fingerprint density at radius 2 is 1.84 bits per heavy atom. The lowest BCUT2D eigenvalue weighted by Crippen LogP contribution is -2.49. The van der Waals surface area contributed by atoms with Gasteiger partial charge < -0.3 is 16.0 Å². The number of carbonyl (C=O) groups is 1. The molecule has 5 nitrogen and oxygen atoms in total. The maximum absolute atomic E-state index is 13.7. The average Bonchev–Trinajstić information content (AvgIpc) is 2.90. The zero-order valence-electron chi connectivity index (χ0n) is 21.0. The van der Waals surface area contributed by atoms with Gasteiger partial charge in [-0.05, 0) is 79.7 Å². The number of rotatable bonds is 5. The Morgan fingerprint density at radius 3 is 2.49 bits per heavy atom. The topological polar surface area (TPSA) is 77.0 Å². The molecule has 0 bridgehead atoms. The number of nitrogens with zero attached hydrogens (tertiary/aromatic N) is 1. The molecule has 2 unspecified atom stereocenters. The normalized spacial score (nSPS) is 23.0. The third-order valence-electron chi connectivity index (χ3n) is 7.80. The highest BCUT2D eigenvalue weighted by atomic mass is 19.4. The van der Waals surface area contributed by atoms with Crippen LogP contribution in [-0.4, -0.2) is 31.8 Å². The Bertz CT molecular complexity index is 1240. The van der Waals surface area contributed by atoms with E-state index >= 15 is 0 Å². The number of carbonyl (C=O) groups excluding carboxylic acids is 1. The molecule has 1 heterocycles. The molecule has 2 aliphatic rings. The minimum atomic E-state index is -4.43. The van der Waals surface area contributed by atoms with Crippen molar-refractivity contribution in [2.45, 2.75) is 38.3 Å². The number of nitrogens with one attached hydrogen (secondary N) is 3. The maximum Gasteiger partial charge on any atom is 0.398 e. The first-order valence-corrected chi connectivity index (χ1v) is 12.4. The third kappa shape index (κ3) is 5.57. The Kier molecular flexibility index (Phi) is 7.47. The van der Waals surface area contributed by atoms with Gasteiger partial charge in [0.05, 0.1) is 17.0 Å². The van der Waals surface area contributed by atoms with E-state index < -0.39 is 23.5 Å². The van der Waals surface area contributed by atoms with Crippen molar-refractivity contribution < 1.29 is 18.0 Å². The van der Waals surface area contributed by atoms with Crippen molar-refractivity contribution in [3.63, 3.8) is 0 Å². The van der Waals surface area contributed by atoms with Crippen LogP contribution in [0.2, 0.25) is 0 Å². The van der Waals surface area contributed by atoms with Crippen molar-refractivity contribution in [1.29, 1.82) is 5.26 Å². The van der Waals surface area contributed by atoms with Crippen LogP contribution in [0.25, 0.3) is 11.1 Å². The number of benzene rings is 2. The molecule has 2 aromatic rings. The van der Waals surface area contributed by atoms with Crippen molar-refractivity contribution in [1.82, 2.24) is 16.0 Å². The summed E-state index contributed by atoms with van der Waals surface area (Å²) >= 11 is 0. The number of alkyl halides is 3. The molecule has 1 saturated heterocycles. The van der Waals surface area contributed by atoms with Gasteiger partial charge >= 0.3 is 12.2 Å². The third-order valence-corrected chi connectivity index (χ3v) is 7.80. The SMILES string of the molecule is CC1C=CC(NC(=O)NCC2(c3ccc(-c4cccc(C#N)c4)cc3)CCNCC2)=CC1(C)C(F)(F)F. The summed E-state index contributed by atoms with van der Waals surface area (Å²) < 4.78 is 41.0. The highest BCUT2D eigenvalue weighted by Gasteiger charge is 2.53. The van der Waals surface area contributed by atoms with E-state index in [9.17, 15) is 23.2 Å². The van der Waals surface area contributed by atoms with Gasteiger partial charge in [0.1, 0.15) is 0 Å². The van der Waals surface area contributed by atoms with Gasteiger partial charge in [-0.3, -0.25) is 0 Å². The lowest BCUT2D eigenvalue weighted by molar-refractivity contribution is -0.210. The van der Waals surface area contributed by atoms with Gasteiger partial charge in [0, 0.05) is 17.7 Å². The van der Waals surface area contributed by atoms with Crippen LogP contribution < -0.4 is 16.0 Å². The monoisotopic (exact) mass is 508 g/mol. The summed E-state index contributed by atoms with van der Waals surface area (Å²) in [7, 11) is 0. The standard InChI is InChI=1S/C29H31F3N4O/c1-20-6-11-25(17-27(20,2)29(30,31)32)36-26(37)35-19-28(12-14-34-15-13-28)24-9-7-22(8-10-24)23-5-3-4-21(16-23)18-33/h3-11,16-17,20,34H,12-15,19H2,1-2H3,(H2,35,36,37). The number of urea groups is 1. The van der Waals surface area contributed by atoms with E-state index in [2.05, 4.69) is 34.2 Å². The summed E-state index contributed by atoms with van der Waals surface area (Å²) in [6, 6.07) is 17.2. The molecule has 37 heavy (non-hydrogen) atoms. The molecule has 3 N–H and O–H groups in total. The predicted molar refractivity (Wildman–Crippen MR) is 137 cm³/mol. The van der Waals surface area contributed by atoms with Crippen LogP contribution in [-0.2, 0) is 5.41 Å². The van der Waals surface area contributed by atoms with Gasteiger partial charge in [0.25, 0.3) is 0 Å². The van der Waals surface area contributed by atoms with Gasteiger partial charge in [0.2, 0.25) is 0 Å².